The number of carbonyl (C=O) groups excluding carboxylic acids is 1. The minimum Gasteiger partial charge on any atom is -0.437 e. The Morgan fingerprint density at radius 1 is 1.22 bits per heavy atom. The summed E-state index contributed by atoms with van der Waals surface area (Å²) < 4.78 is 6.06. The summed E-state index contributed by atoms with van der Waals surface area (Å²) in [5.41, 5.74) is 3.88. The predicted molar refractivity (Wildman–Crippen MR) is 145 cm³/mol. The van der Waals surface area contributed by atoms with Crippen LogP contribution in [0.2, 0.25) is 0 Å². The van der Waals surface area contributed by atoms with Gasteiger partial charge in [0.25, 0.3) is 5.88 Å². The highest BCUT2D eigenvalue weighted by atomic mass is 16.5. The highest BCUT2D eigenvalue weighted by Gasteiger charge is 2.21. The number of amides is 1. The Hall–Kier alpha value is -4.24. The third kappa shape index (κ3) is 6.13. The van der Waals surface area contributed by atoms with Crippen molar-refractivity contribution in [2.75, 3.05) is 30.3 Å². The lowest BCUT2D eigenvalue weighted by molar-refractivity contribution is -0.111. The average Bonchev–Trinajstić information content (AvgIpc) is 3.55. The molecule has 0 spiro atoms. The van der Waals surface area contributed by atoms with Crippen LogP contribution in [0.4, 0.5) is 17.3 Å². The number of fused-ring (bicyclic) bond motifs is 1. The number of likely N-dealkylation sites (tertiary alicyclic amines) is 1. The van der Waals surface area contributed by atoms with Crippen LogP contribution in [0.1, 0.15) is 25.3 Å². The van der Waals surface area contributed by atoms with Gasteiger partial charge < -0.3 is 25.3 Å². The second-order valence-electron chi connectivity index (χ2n) is 9.26. The zero-order valence-corrected chi connectivity index (χ0v) is 20.9. The van der Waals surface area contributed by atoms with Gasteiger partial charge in [0.15, 0.2) is 5.65 Å². The van der Waals surface area contributed by atoms with Crippen LogP contribution in [-0.4, -0.2) is 50.4 Å². The fourth-order valence-electron chi connectivity index (χ4n) is 4.66. The maximum Gasteiger partial charge on any atom is 0.250 e. The maximum absolute atomic E-state index is 11.6. The van der Waals surface area contributed by atoms with E-state index in [1.807, 2.05) is 0 Å². The molecule has 0 saturated carbocycles. The first kappa shape index (κ1) is 24.5. The maximum atomic E-state index is 11.6. The molecule has 9 nitrogen and oxygen atoms in total. The number of benzene rings is 2. The number of imidazole rings is 1. The molecule has 0 radical (unpaired) electrons. The van der Waals surface area contributed by atoms with Crippen LogP contribution < -0.4 is 15.4 Å². The minimum atomic E-state index is -0.297. The predicted octanol–water partition coefficient (Wildman–Crippen LogP) is 5.29. The van der Waals surface area contributed by atoms with E-state index >= 15 is 0 Å². The lowest BCUT2D eigenvalue weighted by Crippen LogP contribution is -2.21. The number of H-pyrrole nitrogens is 1. The van der Waals surface area contributed by atoms with Crippen LogP contribution in [-0.2, 0) is 11.2 Å². The van der Waals surface area contributed by atoms with Crippen LogP contribution in [0.3, 0.4) is 0 Å². The number of nitrogens with one attached hydrogen (secondary N) is 3. The molecule has 5 rings (SSSR count). The molecule has 1 atom stereocenters. The Morgan fingerprint density at radius 2 is 2.08 bits per heavy atom. The topological polar surface area (TPSA) is 108 Å². The van der Waals surface area contributed by atoms with Crippen molar-refractivity contribution in [3.63, 3.8) is 0 Å². The molecule has 1 amide bonds. The van der Waals surface area contributed by atoms with E-state index in [9.17, 15) is 4.79 Å². The van der Waals surface area contributed by atoms with Gasteiger partial charge in [-0.05, 0) is 74.2 Å². The first-order chi connectivity index (χ1) is 18.1. The van der Waals surface area contributed by atoms with E-state index in [4.69, 9.17) is 4.74 Å². The first-order valence-corrected chi connectivity index (χ1v) is 12.6. The number of hydrogen-bond donors (Lipinski definition) is 3. The average molecular weight is 498 g/mol. The molecule has 0 unspecified atom stereocenters. The standard InChI is InChI=1S/C28H31N7O2/c1-3-13-35-14-12-20(17-35)15-19-8-10-21(11-9-19)32-28-33-26-25(29-18-30-26)27(34-28)37-23-7-5-6-22(16-23)31-24(36)4-2/h4-11,16,18,20H,2-3,12-15,17H2,1H3,(H,31,36)(H2,29,30,32,33,34)/t20-/m1/s1. The summed E-state index contributed by atoms with van der Waals surface area (Å²) in [5, 5.41) is 5.99. The molecule has 2 aromatic heterocycles. The van der Waals surface area contributed by atoms with Crippen molar-refractivity contribution in [1.82, 2.24) is 24.8 Å². The molecule has 9 heteroatoms. The largest absolute Gasteiger partial charge is 0.437 e. The molecule has 0 bridgehead atoms. The quantitative estimate of drug-likeness (QED) is 0.256. The van der Waals surface area contributed by atoms with E-state index in [0.717, 1.165) is 18.0 Å². The van der Waals surface area contributed by atoms with Gasteiger partial charge in [-0.15, -0.1) is 0 Å². The van der Waals surface area contributed by atoms with E-state index in [1.165, 1.54) is 44.1 Å². The number of aromatic nitrogens is 4. The summed E-state index contributed by atoms with van der Waals surface area (Å²) in [7, 11) is 0. The third-order valence-corrected chi connectivity index (χ3v) is 6.40. The highest BCUT2D eigenvalue weighted by Crippen LogP contribution is 2.29. The van der Waals surface area contributed by atoms with E-state index in [2.05, 4.69) is 73.2 Å². The number of nitrogens with zero attached hydrogens (tertiary/aromatic N) is 4. The summed E-state index contributed by atoms with van der Waals surface area (Å²) in [6.45, 7) is 9.32. The molecule has 1 fully saturated rings. The number of rotatable bonds is 10. The lowest BCUT2D eigenvalue weighted by Gasteiger charge is -2.15. The molecule has 0 aliphatic carbocycles. The van der Waals surface area contributed by atoms with Crippen LogP contribution in [0, 0.1) is 5.92 Å². The van der Waals surface area contributed by atoms with Gasteiger partial charge in [-0.2, -0.15) is 9.97 Å². The van der Waals surface area contributed by atoms with Gasteiger partial charge in [0.1, 0.15) is 11.3 Å². The van der Waals surface area contributed by atoms with Crippen molar-refractivity contribution >= 4 is 34.4 Å². The molecule has 1 aliphatic heterocycles. The van der Waals surface area contributed by atoms with E-state index in [0.29, 0.717) is 34.4 Å². The first-order valence-electron chi connectivity index (χ1n) is 12.6. The molecule has 1 saturated heterocycles. The molecular weight excluding hydrogens is 466 g/mol. The van der Waals surface area contributed by atoms with Gasteiger partial charge in [0.05, 0.1) is 6.33 Å². The Labute approximate surface area is 216 Å². The zero-order chi connectivity index (χ0) is 25.6. The van der Waals surface area contributed by atoms with Gasteiger partial charge in [0, 0.05) is 24.0 Å². The van der Waals surface area contributed by atoms with E-state index in [-0.39, 0.29) is 5.91 Å². The lowest BCUT2D eigenvalue weighted by atomic mass is 9.98. The Kier molecular flexibility index (Phi) is 7.41. The molecule has 3 N–H and O–H groups in total. The van der Waals surface area contributed by atoms with Crippen LogP contribution >= 0.6 is 0 Å². The SMILES string of the molecule is C=CC(=O)Nc1cccc(Oc2nc(Nc3ccc(C[C@H]4CCN(CCC)C4)cc3)nc3nc[nH]c23)c1. The fraction of sp³-hybridized carbons (Fsp3) is 0.286. The van der Waals surface area contributed by atoms with Crippen molar-refractivity contribution in [3.8, 4) is 11.6 Å². The van der Waals surface area contributed by atoms with Gasteiger partial charge >= 0.3 is 0 Å². The van der Waals surface area contributed by atoms with Gasteiger partial charge in [-0.1, -0.05) is 31.7 Å². The minimum absolute atomic E-state index is 0.297. The Morgan fingerprint density at radius 3 is 2.89 bits per heavy atom. The molecule has 37 heavy (non-hydrogen) atoms. The molecule has 4 aromatic rings. The zero-order valence-electron chi connectivity index (χ0n) is 20.9. The molecule has 2 aromatic carbocycles. The van der Waals surface area contributed by atoms with Crippen molar-refractivity contribution in [2.24, 2.45) is 5.92 Å². The molecule has 1 aliphatic rings. The Balaban J connectivity index is 1.28. The van der Waals surface area contributed by atoms with E-state index in [1.54, 1.807) is 30.6 Å². The summed E-state index contributed by atoms with van der Waals surface area (Å²) in [4.78, 5) is 30.6. The smallest absolute Gasteiger partial charge is 0.250 e. The van der Waals surface area contributed by atoms with Crippen molar-refractivity contribution in [1.29, 1.82) is 0 Å². The normalized spacial score (nSPS) is 15.5. The summed E-state index contributed by atoms with van der Waals surface area (Å²) in [5.74, 6) is 1.64. The molecular formula is C28H31N7O2. The molecule has 190 valence electrons. The van der Waals surface area contributed by atoms with Crippen LogP contribution in [0.15, 0.2) is 67.5 Å². The number of anilines is 3. The second-order valence-corrected chi connectivity index (χ2v) is 9.26. The summed E-state index contributed by atoms with van der Waals surface area (Å²) in [6.07, 6.45) is 6.35. The van der Waals surface area contributed by atoms with Crippen LogP contribution in [0.25, 0.3) is 11.2 Å². The monoisotopic (exact) mass is 497 g/mol. The molecule has 3 heterocycles. The number of hydrogen-bond acceptors (Lipinski definition) is 7. The highest BCUT2D eigenvalue weighted by molar-refractivity contribution is 5.99. The van der Waals surface area contributed by atoms with Crippen LogP contribution in [0.5, 0.6) is 11.6 Å². The van der Waals surface area contributed by atoms with Gasteiger partial charge in [-0.25, -0.2) is 4.98 Å². The Bertz CT molecular complexity index is 1380. The third-order valence-electron chi connectivity index (χ3n) is 6.40. The van der Waals surface area contributed by atoms with Gasteiger partial charge in [-0.3, -0.25) is 4.79 Å². The van der Waals surface area contributed by atoms with E-state index < -0.39 is 0 Å². The number of carbonyl (C=O) groups is 1. The van der Waals surface area contributed by atoms with Crippen molar-refractivity contribution in [2.45, 2.75) is 26.2 Å². The fourth-order valence-corrected chi connectivity index (χ4v) is 4.66. The second kappa shape index (κ2) is 11.2. The summed E-state index contributed by atoms with van der Waals surface area (Å²) in [6, 6.07) is 15.5. The number of aromatic amines is 1. The number of ether oxygens (including phenoxy) is 1. The van der Waals surface area contributed by atoms with Crippen molar-refractivity contribution < 1.29 is 9.53 Å². The summed E-state index contributed by atoms with van der Waals surface area (Å²) >= 11 is 0. The van der Waals surface area contributed by atoms with Gasteiger partial charge in [0.2, 0.25) is 11.9 Å². The van der Waals surface area contributed by atoms with Crippen molar-refractivity contribution in [3.05, 3.63) is 73.1 Å².